The Bertz CT molecular complexity index is 374. The normalized spacial score (nSPS) is 21.6. The van der Waals surface area contributed by atoms with Crippen molar-refractivity contribution in [1.29, 1.82) is 0 Å². The van der Waals surface area contributed by atoms with Crippen LogP contribution in [0.15, 0.2) is 12.1 Å². The number of nitrogen functional groups attached to an aromatic ring is 1. The average Bonchev–Trinajstić information content (AvgIpc) is 2.31. The summed E-state index contributed by atoms with van der Waals surface area (Å²) in [5.74, 6) is 0.629. The lowest BCUT2D eigenvalue weighted by Gasteiger charge is -2.36. The smallest absolute Gasteiger partial charge is 0.123 e. The van der Waals surface area contributed by atoms with Crippen molar-refractivity contribution >= 4 is 5.82 Å². The van der Waals surface area contributed by atoms with Crippen molar-refractivity contribution in [3.8, 4) is 0 Å². The minimum absolute atomic E-state index is 0.553. The molecule has 94 valence electrons. The minimum Gasteiger partial charge on any atom is -0.384 e. The largest absolute Gasteiger partial charge is 0.384 e. The Morgan fingerprint density at radius 2 is 2.24 bits per heavy atom. The van der Waals surface area contributed by atoms with Gasteiger partial charge >= 0.3 is 0 Å². The predicted molar refractivity (Wildman–Crippen MR) is 71.8 cm³/mol. The molecule has 0 spiro atoms. The van der Waals surface area contributed by atoms with Crippen LogP contribution in [0.5, 0.6) is 0 Å². The molecule has 1 fully saturated rings. The molecule has 2 rings (SSSR count). The van der Waals surface area contributed by atoms with Gasteiger partial charge in [0, 0.05) is 11.7 Å². The molecule has 1 unspecified atom stereocenters. The van der Waals surface area contributed by atoms with Crippen LogP contribution in [0.2, 0.25) is 0 Å². The van der Waals surface area contributed by atoms with Gasteiger partial charge < -0.3 is 5.73 Å². The van der Waals surface area contributed by atoms with Crippen LogP contribution in [0.1, 0.15) is 49.9 Å². The highest BCUT2D eigenvalue weighted by Crippen LogP contribution is 2.32. The first-order valence-electron chi connectivity index (χ1n) is 6.69. The summed E-state index contributed by atoms with van der Waals surface area (Å²) in [7, 11) is 0. The van der Waals surface area contributed by atoms with E-state index in [0.717, 1.165) is 5.69 Å². The van der Waals surface area contributed by atoms with Crippen molar-refractivity contribution in [1.82, 2.24) is 9.88 Å². The number of pyridine rings is 1. The highest BCUT2D eigenvalue weighted by molar-refractivity contribution is 5.35. The molecule has 0 saturated carbocycles. The van der Waals surface area contributed by atoms with E-state index in [9.17, 15) is 0 Å². The van der Waals surface area contributed by atoms with E-state index in [1.54, 1.807) is 0 Å². The second kappa shape index (κ2) is 5.50. The van der Waals surface area contributed by atoms with Crippen molar-refractivity contribution < 1.29 is 0 Å². The first-order valence-corrected chi connectivity index (χ1v) is 6.69. The van der Waals surface area contributed by atoms with Crippen LogP contribution < -0.4 is 5.73 Å². The maximum Gasteiger partial charge on any atom is 0.123 e. The van der Waals surface area contributed by atoms with E-state index >= 15 is 0 Å². The summed E-state index contributed by atoms with van der Waals surface area (Å²) in [6, 6.07) is 4.65. The van der Waals surface area contributed by atoms with Crippen LogP contribution in [-0.4, -0.2) is 23.0 Å². The number of nitrogens with zero attached hydrogens (tertiary/aromatic N) is 2. The van der Waals surface area contributed by atoms with Gasteiger partial charge in [-0.1, -0.05) is 19.4 Å². The number of aryl methyl sites for hydroxylation is 1. The number of likely N-dealkylation sites (tertiary alicyclic amines) is 1. The van der Waals surface area contributed by atoms with E-state index < -0.39 is 0 Å². The van der Waals surface area contributed by atoms with E-state index in [1.165, 1.54) is 44.3 Å². The monoisotopic (exact) mass is 233 g/mol. The van der Waals surface area contributed by atoms with Crippen LogP contribution in [0.25, 0.3) is 0 Å². The Morgan fingerprint density at radius 3 is 2.94 bits per heavy atom. The van der Waals surface area contributed by atoms with E-state index in [-0.39, 0.29) is 0 Å². The molecule has 0 aromatic carbocycles. The lowest BCUT2D eigenvalue weighted by Crippen LogP contribution is -2.34. The van der Waals surface area contributed by atoms with Gasteiger partial charge in [-0.3, -0.25) is 4.90 Å². The van der Waals surface area contributed by atoms with Gasteiger partial charge in [0.15, 0.2) is 0 Å². The zero-order valence-corrected chi connectivity index (χ0v) is 10.9. The lowest BCUT2D eigenvalue weighted by molar-refractivity contribution is 0.148. The van der Waals surface area contributed by atoms with Crippen molar-refractivity contribution in [2.24, 2.45) is 0 Å². The summed E-state index contributed by atoms with van der Waals surface area (Å²) in [4.78, 5) is 7.00. The van der Waals surface area contributed by atoms with E-state index in [2.05, 4.69) is 29.8 Å². The Hall–Kier alpha value is -1.09. The van der Waals surface area contributed by atoms with Gasteiger partial charge in [0.1, 0.15) is 5.82 Å². The first kappa shape index (κ1) is 12.4. The Balaban J connectivity index is 2.23. The minimum atomic E-state index is 0.553. The summed E-state index contributed by atoms with van der Waals surface area (Å²) in [5, 5.41) is 0. The van der Waals surface area contributed by atoms with Crippen molar-refractivity contribution in [2.75, 3.05) is 18.8 Å². The fourth-order valence-corrected chi connectivity index (χ4v) is 2.84. The second-order valence-electron chi connectivity index (χ2n) is 4.96. The molecule has 2 N–H and O–H groups in total. The maximum atomic E-state index is 5.73. The molecular weight excluding hydrogens is 210 g/mol. The number of nitrogens with two attached hydrogens (primary N) is 1. The Kier molecular flexibility index (Phi) is 4.00. The van der Waals surface area contributed by atoms with Gasteiger partial charge in [0.25, 0.3) is 0 Å². The summed E-state index contributed by atoms with van der Waals surface area (Å²) < 4.78 is 0. The lowest BCUT2D eigenvalue weighted by atomic mass is 9.94. The number of hydrogen-bond acceptors (Lipinski definition) is 3. The highest BCUT2D eigenvalue weighted by atomic mass is 15.2. The molecular formula is C14H23N3. The second-order valence-corrected chi connectivity index (χ2v) is 4.96. The van der Waals surface area contributed by atoms with E-state index in [4.69, 9.17) is 5.73 Å². The number of rotatable bonds is 3. The molecule has 1 saturated heterocycles. The number of hydrogen-bond donors (Lipinski definition) is 1. The third-order valence-corrected chi connectivity index (χ3v) is 3.63. The van der Waals surface area contributed by atoms with Gasteiger partial charge in [-0.2, -0.15) is 0 Å². The number of anilines is 1. The zero-order chi connectivity index (χ0) is 12.3. The number of piperidine rings is 1. The standard InChI is InChI=1S/C14H23N3/c1-3-9-17-10-5-4-6-13(17)12-7-8-14(15)16-11(12)2/h7-8,13H,3-6,9-10H2,1-2H3,(H2,15,16). The van der Waals surface area contributed by atoms with Gasteiger partial charge in [0.05, 0.1) is 0 Å². The SMILES string of the molecule is CCCN1CCCCC1c1ccc(N)nc1C. The molecule has 1 aromatic heterocycles. The van der Waals surface area contributed by atoms with Gasteiger partial charge in [-0.05, 0) is 50.9 Å². The molecule has 0 radical (unpaired) electrons. The molecule has 1 atom stereocenters. The van der Waals surface area contributed by atoms with E-state index in [0.29, 0.717) is 11.9 Å². The zero-order valence-electron chi connectivity index (χ0n) is 10.9. The summed E-state index contributed by atoms with van der Waals surface area (Å²) >= 11 is 0. The average molecular weight is 233 g/mol. The Morgan fingerprint density at radius 1 is 1.41 bits per heavy atom. The molecule has 1 aromatic rings. The summed E-state index contributed by atoms with van der Waals surface area (Å²) in [6.07, 6.45) is 5.14. The van der Waals surface area contributed by atoms with Crippen LogP contribution in [0, 0.1) is 6.92 Å². The van der Waals surface area contributed by atoms with Crippen LogP contribution >= 0.6 is 0 Å². The van der Waals surface area contributed by atoms with Crippen molar-refractivity contribution in [3.63, 3.8) is 0 Å². The third-order valence-electron chi connectivity index (χ3n) is 3.63. The summed E-state index contributed by atoms with van der Waals surface area (Å²) in [6.45, 7) is 6.74. The quantitative estimate of drug-likeness (QED) is 0.873. The maximum absolute atomic E-state index is 5.73. The van der Waals surface area contributed by atoms with Crippen LogP contribution in [0.4, 0.5) is 5.82 Å². The van der Waals surface area contributed by atoms with Crippen LogP contribution in [-0.2, 0) is 0 Å². The molecule has 1 aliphatic rings. The molecule has 0 aliphatic carbocycles. The molecule has 0 bridgehead atoms. The topological polar surface area (TPSA) is 42.1 Å². The predicted octanol–water partition coefficient (Wildman–Crippen LogP) is 2.91. The summed E-state index contributed by atoms with van der Waals surface area (Å²) in [5.41, 5.74) is 8.19. The first-order chi connectivity index (χ1) is 8.22. The molecule has 0 amide bonds. The molecule has 3 heteroatoms. The van der Waals surface area contributed by atoms with Gasteiger partial charge in [0.2, 0.25) is 0 Å². The highest BCUT2D eigenvalue weighted by Gasteiger charge is 2.24. The van der Waals surface area contributed by atoms with Gasteiger partial charge in [-0.15, -0.1) is 0 Å². The van der Waals surface area contributed by atoms with Crippen molar-refractivity contribution in [3.05, 3.63) is 23.4 Å². The molecule has 2 heterocycles. The fraction of sp³-hybridized carbons (Fsp3) is 0.643. The van der Waals surface area contributed by atoms with E-state index in [1.807, 2.05) is 6.07 Å². The van der Waals surface area contributed by atoms with Crippen molar-refractivity contribution in [2.45, 2.75) is 45.6 Å². The fourth-order valence-electron chi connectivity index (χ4n) is 2.84. The van der Waals surface area contributed by atoms with Crippen LogP contribution in [0.3, 0.4) is 0 Å². The van der Waals surface area contributed by atoms with Gasteiger partial charge in [-0.25, -0.2) is 4.98 Å². The molecule has 1 aliphatic heterocycles. The molecule has 17 heavy (non-hydrogen) atoms. The number of aromatic nitrogens is 1. The third kappa shape index (κ3) is 2.78. The Labute approximate surface area is 104 Å². The molecule has 3 nitrogen and oxygen atoms in total.